The molecule has 20 rings (SSSR count). The van der Waals surface area contributed by atoms with Crippen molar-refractivity contribution in [1.82, 2.24) is 58.2 Å². The predicted molar refractivity (Wildman–Crippen MR) is 463 cm³/mol. The highest BCUT2D eigenvalue weighted by atomic mass is 35.5. The molecule has 0 spiro atoms. The number of carbonyl (C=O) groups is 1. The quantitative estimate of drug-likeness (QED) is 0.0642. The number of pyridine rings is 4. The third-order valence-corrected chi connectivity index (χ3v) is 27.7. The minimum atomic E-state index is -1.00. The van der Waals surface area contributed by atoms with Crippen molar-refractivity contribution in [3.05, 3.63) is 257 Å². The van der Waals surface area contributed by atoms with Gasteiger partial charge in [-0.3, -0.25) is 44.3 Å². The number of H-pyrrole nitrogens is 1. The Hall–Kier alpha value is -8.63. The van der Waals surface area contributed by atoms with Crippen LogP contribution in [0.1, 0.15) is 205 Å². The maximum Gasteiger partial charge on any atom is 0.323 e. The number of aliphatic hydroxyl groups is 3. The summed E-state index contributed by atoms with van der Waals surface area (Å²) in [5.41, 5.74) is 29.0. The molecule has 0 amide bonds. The molecule has 4 aromatic carbocycles. The van der Waals surface area contributed by atoms with E-state index >= 15 is 0 Å². The van der Waals surface area contributed by atoms with E-state index in [0.717, 1.165) is 101 Å². The second-order valence-electron chi connectivity index (χ2n) is 35.7. The largest absolute Gasteiger partial charge is 0.453 e. The van der Waals surface area contributed by atoms with E-state index < -0.39 is 34.4 Å². The van der Waals surface area contributed by atoms with Crippen molar-refractivity contribution in [2.24, 2.45) is 26.9 Å². The fourth-order valence-electron chi connectivity index (χ4n) is 21.7. The lowest BCUT2D eigenvalue weighted by Crippen LogP contribution is -2.38. The molecule has 0 bridgehead atoms. The van der Waals surface area contributed by atoms with Crippen LogP contribution in [0.3, 0.4) is 0 Å². The Morgan fingerprint density at radius 1 is 0.509 bits per heavy atom. The maximum atomic E-state index is 12.6. The van der Waals surface area contributed by atoms with Gasteiger partial charge in [0, 0.05) is 255 Å². The molecule has 0 aliphatic carbocycles. The van der Waals surface area contributed by atoms with E-state index in [9.17, 15) is 20.1 Å². The smallest absolute Gasteiger partial charge is 0.323 e. The normalized spacial score (nSPS) is 21.4. The summed E-state index contributed by atoms with van der Waals surface area (Å²) >= 11 is 13.1. The Labute approximate surface area is 692 Å². The third-order valence-electron chi connectivity index (χ3n) is 27.2. The van der Waals surface area contributed by atoms with Gasteiger partial charge in [0.25, 0.3) is 0 Å². The summed E-state index contributed by atoms with van der Waals surface area (Å²) in [6, 6.07) is 34.3. The number of hydrogen-bond donors (Lipinski definition) is 5. The van der Waals surface area contributed by atoms with Crippen molar-refractivity contribution in [3.8, 4) is 0 Å². The van der Waals surface area contributed by atoms with E-state index in [4.69, 9.17) is 33.7 Å². The summed E-state index contributed by atoms with van der Waals surface area (Å²) in [4.78, 5) is 43.7. The van der Waals surface area contributed by atoms with Crippen LogP contribution in [-0.2, 0) is 111 Å². The minimum absolute atomic E-state index is 0.405. The number of aromatic nitrogens is 8. The van der Waals surface area contributed by atoms with E-state index in [1.54, 1.807) is 56.5 Å². The number of aryl methyl sites for hydroxylation is 5. The second kappa shape index (κ2) is 31.9. The number of nitrogens with zero attached hydrogens (tertiary/aromatic N) is 11. The molecule has 8 aromatic heterocycles. The van der Waals surface area contributed by atoms with Crippen LogP contribution in [0.4, 0.5) is 0 Å². The number of carbonyl (C=O) groups excluding carboxylic acids is 1. The van der Waals surface area contributed by atoms with Crippen molar-refractivity contribution in [2.45, 2.75) is 210 Å². The molecular weight excluding hydrogens is 1490 g/mol. The molecule has 12 aromatic rings. The van der Waals surface area contributed by atoms with Gasteiger partial charge in [-0.05, 0) is 231 Å². The topological polar surface area (TPSA) is 208 Å². The fraction of sp³-hybridized carbons (Fsp3) is 0.448. The predicted octanol–water partition coefficient (Wildman–Crippen LogP) is 16.5. The number of halogens is 2. The summed E-state index contributed by atoms with van der Waals surface area (Å²) in [6.07, 6.45) is 30.6. The first-order chi connectivity index (χ1) is 55.7. The van der Waals surface area contributed by atoms with Gasteiger partial charge < -0.3 is 44.5 Å². The molecule has 9 unspecified atom stereocenters. The molecule has 8 aliphatic rings. The van der Waals surface area contributed by atoms with Crippen molar-refractivity contribution < 1.29 is 24.9 Å². The summed E-state index contributed by atoms with van der Waals surface area (Å²) in [7, 11) is 6.57. The number of esters is 1. The number of aromatic amines is 1. The first-order valence-electron chi connectivity index (χ1n) is 42.3. The van der Waals surface area contributed by atoms with E-state index in [1.807, 2.05) is 88.4 Å². The third kappa shape index (κ3) is 15.1. The molecule has 16 heterocycles. The fourth-order valence-corrected chi connectivity index (χ4v) is 22.2. The van der Waals surface area contributed by atoms with Crippen LogP contribution in [0.25, 0.3) is 43.6 Å². The van der Waals surface area contributed by atoms with Crippen LogP contribution in [-0.4, -0.2) is 137 Å². The Morgan fingerprint density at radius 2 is 0.922 bits per heavy atom. The Balaban J connectivity index is 0.000000112. The van der Waals surface area contributed by atoms with Crippen LogP contribution >= 0.6 is 23.2 Å². The lowest BCUT2D eigenvalue weighted by Gasteiger charge is -2.31. The second-order valence-corrected chi connectivity index (χ2v) is 36.5. The Kier molecular flexibility index (Phi) is 22.0. The molecule has 20 heteroatoms. The molecule has 4 fully saturated rings. The minimum Gasteiger partial charge on any atom is -0.453 e. The number of nitrogens with one attached hydrogen (secondary N) is 1. The zero-order valence-electron chi connectivity index (χ0n) is 69.1. The van der Waals surface area contributed by atoms with Crippen molar-refractivity contribution >= 4 is 72.8 Å². The first kappa shape index (κ1) is 79.8. The van der Waals surface area contributed by atoms with Crippen LogP contribution in [0.15, 0.2) is 147 Å². The van der Waals surface area contributed by atoms with Gasteiger partial charge in [0.1, 0.15) is 11.6 Å². The molecule has 18 nitrogen and oxygen atoms in total. The Morgan fingerprint density at radius 3 is 1.43 bits per heavy atom. The molecule has 8 aliphatic heterocycles. The highest BCUT2D eigenvalue weighted by Gasteiger charge is 2.42. The van der Waals surface area contributed by atoms with Gasteiger partial charge in [-0.1, -0.05) is 70.7 Å². The zero-order valence-corrected chi connectivity index (χ0v) is 70.6. The summed E-state index contributed by atoms with van der Waals surface area (Å²) in [5.74, 6) is -0.405. The average molecular weight is 1600 g/mol. The lowest BCUT2D eigenvalue weighted by molar-refractivity contribution is -0.160. The van der Waals surface area contributed by atoms with Gasteiger partial charge in [0.15, 0.2) is 0 Å². The number of nitrogens with two attached hydrogens (primary N) is 1. The van der Waals surface area contributed by atoms with Crippen LogP contribution < -0.4 is 5.73 Å². The van der Waals surface area contributed by atoms with Crippen LogP contribution in [0, 0.1) is 13.8 Å². The van der Waals surface area contributed by atoms with Gasteiger partial charge in [0.2, 0.25) is 0 Å². The highest BCUT2D eigenvalue weighted by Crippen LogP contribution is 2.49. The van der Waals surface area contributed by atoms with Crippen molar-refractivity contribution in [1.29, 1.82) is 0 Å². The number of benzene rings is 4. The standard InChI is InChI=1S/C27H34N4O2.C24H29N3O.C23H26ClN3O.C22H24ClN3O/c1-17-13-19(15-27(3,33-26(32)18(2)28)20-7-5-10-29-16-20)25-21(14-17)24-22(30(25)4)9-12-31-11-6-8-23(24)31;1-16-10-17(13-24(2,28)18-6-4-8-25-14-18)23-20(11-16)21-15-27-9-5-7-19(27)12-22(21)26(23)3;1-23(28,16-5-3-8-25-14-16)13-15-11-17(24)12-18-21-19(26(2)22(15)18)7-10-27-9-4-6-20(21)27;1-22(27,15-4-2-7-24-13-15)12-14-10-16(23)11-17-20-18(25-21(14)17)6-9-26-8-3-5-19(20)26/h5,7,10,13-14,16,18,23H,6,8-9,11-12,15,28H2,1-4H3;4,6,8,10-11,14,19,28H,5,7,9,12-13,15H2,1-3H3;3,5,8,11-12,14,20,28H,4,6-7,9-10,13H2,1-2H3;2,4,7,10-11,13,19,25,27H,3,5-6,8-9,12H2,1H3. The van der Waals surface area contributed by atoms with E-state index in [-0.39, 0.29) is 0 Å². The van der Waals surface area contributed by atoms with Gasteiger partial charge in [0.05, 0.1) is 33.4 Å². The van der Waals surface area contributed by atoms with E-state index in [1.165, 1.54) is 183 Å². The number of fused-ring (bicyclic) bond motifs is 19. The molecule has 9 atom stereocenters. The average Bonchev–Trinajstić information content (AvgIpc) is 1.58. The molecule has 0 radical (unpaired) electrons. The van der Waals surface area contributed by atoms with Crippen LogP contribution in [0.2, 0.25) is 10.0 Å². The summed E-state index contributed by atoms with van der Waals surface area (Å²) in [5, 5.41) is 40.3. The zero-order chi connectivity index (χ0) is 80.9. The van der Waals surface area contributed by atoms with Gasteiger partial charge >= 0.3 is 5.97 Å². The number of rotatable bonds is 14. The highest BCUT2D eigenvalue weighted by molar-refractivity contribution is 6.32. The van der Waals surface area contributed by atoms with E-state index in [0.29, 0.717) is 49.9 Å². The van der Waals surface area contributed by atoms with E-state index in [2.05, 4.69) is 130 Å². The molecule has 4 saturated heterocycles. The van der Waals surface area contributed by atoms with Gasteiger partial charge in [-0.15, -0.1) is 0 Å². The van der Waals surface area contributed by atoms with Gasteiger partial charge in [-0.25, -0.2) is 0 Å². The molecule has 6 N–H and O–H groups in total. The van der Waals surface area contributed by atoms with Gasteiger partial charge in [-0.2, -0.15) is 0 Å². The SMILES string of the molecule is CC(O)(Cc1cc(Cl)cc2c3c([nH]c12)CCN1CCCC31)c1cccnc1.Cc1cc(CC(C)(O)c2cccnc2)c2c(c1)c1c(n2C)CC2CCCN2C1.Cc1cc(CC(C)(OC(=O)C(C)N)c2cccnc2)c2c(c1)c1c(n2C)CCN2CCCC12.Cn1c2c(c3cc(Cl)cc(CC(C)(O)c4cccnc4)c31)C1CCCN1CC2. The Bertz CT molecular complexity index is 5660. The monoisotopic (exact) mass is 1600 g/mol. The first-order valence-corrected chi connectivity index (χ1v) is 43.0. The molecule has 606 valence electrons. The van der Waals surface area contributed by atoms with Crippen molar-refractivity contribution in [3.63, 3.8) is 0 Å². The molecule has 0 saturated carbocycles. The van der Waals surface area contributed by atoms with Crippen molar-refractivity contribution in [2.75, 3.05) is 45.8 Å². The lowest BCUT2D eigenvalue weighted by atomic mass is 9.87. The number of ether oxygens (including phenoxy) is 1. The molecule has 116 heavy (non-hydrogen) atoms. The maximum absolute atomic E-state index is 12.6. The summed E-state index contributed by atoms with van der Waals surface area (Å²) in [6.45, 7) is 22.9. The number of hydrogen-bond acceptors (Lipinski definition) is 14. The van der Waals surface area contributed by atoms with Crippen LogP contribution in [0.5, 0.6) is 0 Å². The summed E-state index contributed by atoms with van der Waals surface area (Å²) < 4.78 is 13.2. The molecular formula is C96H113Cl2N13O5.